The molecule has 2 unspecified atom stereocenters. The van der Waals surface area contributed by atoms with Crippen molar-refractivity contribution in [2.45, 2.75) is 45.3 Å². The molecule has 2 atom stereocenters. The molecule has 21 heavy (non-hydrogen) atoms. The van der Waals surface area contributed by atoms with Crippen LogP contribution in [0, 0.1) is 0 Å². The fraction of sp³-hybridized carbons (Fsp3) is 0.800. The Morgan fingerprint density at radius 2 is 2.29 bits per heavy atom. The normalized spacial score (nSPS) is 21.9. The van der Waals surface area contributed by atoms with Gasteiger partial charge in [0.2, 0.25) is 0 Å². The topological polar surface area (TPSA) is 33.1 Å². The van der Waals surface area contributed by atoms with Gasteiger partial charge in [-0.25, -0.2) is 0 Å². The molecule has 1 fully saturated rings. The van der Waals surface area contributed by atoms with E-state index in [1.807, 2.05) is 11.8 Å². The van der Waals surface area contributed by atoms with E-state index >= 15 is 0 Å². The second kappa shape index (κ2) is 7.86. The molecule has 0 spiro atoms. The van der Waals surface area contributed by atoms with Crippen LogP contribution in [-0.4, -0.2) is 52.4 Å². The van der Waals surface area contributed by atoms with E-state index in [-0.39, 0.29) is 6.04 Å². The Kier molecular flexibility index (Phi) is 6.41. The predicted molar refractivity (Wildman–Crippen MR) is 92.4 cm³/mol. The van der Waals surface area contributed by atoms with Crippen LogP contribution >= 0.6 is 23.4 Å². The molecule has 1 aromatic rings. The number of nitrogens with one attached hydrogen (secondary N) is 1. The Labute approximate surface area is 137 Å². The third-order valence-electron chi connectivity index (χ3n) is 4.01. The Hall–Kier alpha value is -0.230. The molecule has 1 saturated heterocycles. The van der Waals surface area contributed by atoms with Crippen LogP contribution in [0.5, 0.6) is 0 Å². The highest BCUT2D eigenvalue weighted by Gasteiger charge is 2.33. The molecule has 1 aromatic heterocycles. The lowest BCUT2D eigenvalue weighted by molar-refractivity contribution is 0.208. The van der Waals surface area contributed by atoms with Crippen LogP contribution in [0.15, 0.2) is 6.20 Å². The maximum atomic E-state index is 6.48. The SMILES string of the molecule is CCCNC(c1c(Cl)cnn1C(C)C)C1CSCCN1C. The van der Waals surface area contributed by atoms with Crippen molar-refractivity contribution in [1.82, 2.24) is 20.0 Å². The average Bonchev–Trinajstić information content (AvgIpc) is 2.83. The highest BCUT2D eigenvalue weighted by Crippen LogP contribution is 2.32. The lowest BCUT2D eigenvalue weighted by Gasteiger charge is -2.38. The number of hydrogen-bond donors (Lipinski definition) is 1. The fourth-order valence-electron chi connectivity index (χ4n) is 2.82. The smallest absolute Gasteiger partial charge is 0.0834 e. The van der Waals surface area contributed by atoms with Crippen LogP contribution in [0.4, 0.5) is 0 Å². The first-order valence-electron chi connectivity index (χ1n) is 7.80. The molecular weight excluding hydrogens is 304 g/mol. The van der Waals surface area contributed by atoms with Crippen LogP contribution in [0.25, 0.3) is 0 Å². The van der Waals surface area contributed by atoms with Gasteiger partial charge in [0.15, 0.2) is 0 Å². The van der Waals surface area contributed by atoms with Gasteiger partial charge < -0.3 is 5.32 Å². The maximum absolute atomic E-state index is 6.48. The van der Waals surface area contributed by atoms with Crippen molar-refractivity contribution in [1.29, 1.82) is 0 Å². The zero-order chi connectivity index (χ0) is 15.4. The zero-order valence-electron chi connectivity index (χ0n) is 13.5. The Balaban J connectivity index is 2.33. The summed E-state index contributed by atoms with van der Waals surface area (Å²) >= 11 is 8.51. The standard InChI is InChI=1S/C15H27ClN4S/c1-5-6-17-14(13-10-21-8-7-19(13)4)15-12(16)9-18-20(15)11(2)3/h9,11,13-14,17H,5-8,10H2,1-4H3. The molecule has 0 amide bonds. The summed E-state index contributed by atoms with van der Waals surface area (Å²) in [5.74, 6) is 2.35. The monoisotopic (exact) mass is 330 g/mol. The molecule has 0 bridgehead atoms. The third-order valence-corrected chi connectivity index (χ3v) is 5.35. The van der Waals surface area contributed by atoms with Crippen molar-refractivity contribution in [2.24, 2.45) is 0 Å². The van der Waals surface area contributed by atoms with Gasteiger partial charge in [-0.05, 0) is 33.9 Å². The molecule has 4 nitrogen and oxygen atoms in total. The Morgan fingerprint density at radius 3 is 2.90 bits per heavy atom. The summed E-state index contributed by atoms with van der Waals surface area (Å²) in [6.45, 7) is 8.64. The minimum Gasteiger partial charge on any atom is -0.307 e. The van der Waals surface area contributed by atoms with Gasteiger partial charge in [-0.2, -0.15) is 16.9 Å². The van der Waals surface area contributed by atoms with E-state index in [9.17, 15) is 0 Å². The van der Waals surface area contributed by atoms with Gasteiger partial charge >= 0.3 is 0 Å². The predicted octanol–water partition coefficient (Wildman–Crippen LogP) is 3.21. The minimum absolute atomic E-state index is 0.236. The number of halogens is 1. The largest absolute Gasteiger partial charge is 0.307 e. The summed E-state index contributed by atoms with van der Waals surface area (Å²) in [7, 11) is 2.22. The van der Waals surface area contributed by atoms with Gasteiger partial charge in [0, 0.05) is 30.1 Å². The minimum atomic E-state index is 0.236. The second-order valence-electron chi connectivity index (χ2n) is 5.97. The molecule has 2 heterocycles. The van der Waals surface area contributed by atoms with E-state index in [2.05, 4.69) is 47.8 Å². The summed E-state index contributed by atoms with van der Waals surface area (Å²) in [6.07, 6.45) is 2.90. The number of hydrogen-bond acceptors (Lipinski definition) is 4. The molecule has 0 aromatic carbocycles. The molecule has 0 aliphatic carbocycles. The highest BCUT2D eigenvalue weighted by molar-refractivity contribution is 7.99. The van der Waals surface area contributed by atoms with E-state index in [4.69, 9.17) is 11.6 Å². The van der Waals surface area contributed by atoms with E-state index < -0.39 is 0 Å². The third kappa shape index (κ3) is 3.95. The molecule has 1 N–H and O–H groups in total. The molecule has 0 radical (unpaired) electrons. The maximum Gasteiger partial charge on any atom is 0.0834 e. The number of thioether (sulfide) groups is 1. The van der Waals surface area contributed by atoms with E-state index in [0.29, 0.717) is 12.1 Å². The lowest BCUT2D eigenvalue weighted by Crippen LogP contribution is -2.48. The van der Waals surface area contributed by atoms with Gasteiger partial charge in [0.1, 0.15) is 0 Å². The van der Waals surface area contributed by atoms with Gasteiger partial charge in [-0.15, -0.1) is 0 Å². The summed E-state index contributed by atoms with van der Waals surface area (Å²) in [4.78, 5) is 2.46. The second-order valence-corrected chi connectivity index (χ2v) is 7.53. The van der Waals surface area contributed by atoms with Crippen LogP contribution in [0.1, 0.15) is 45.0 Å². The van der Waals surface area contributed by atoms with Crippen molar-refractivity contribution in [3.8, 4) is 0 Å². The van der Waals surface area contributed by atoms with E-state index in [1.54, 1.807) is 6.20 Å². The first-order valence-corrected chi connectivity index (χ1v) is 9.33. The molecule has 2 rings (SSSR count). The molecule has 1 aliphatic rings. The first kappa shape index (κ1) is 17.1. The summed E-state index contributed by atoms with van der Waals surface area (Å²) in [5, 5.41) is 8.97. The highest BCUT2D eigenvalue weighted by atomic mass is 35.5. The Bertz CT molecular complexity index is 449. The first-order chi connectivity index (χ1) is 10.1. The van der Waals surface area contributed by atoms with Crippen molar-refractivity contribution in [3.63, 3.8) is 0 Å². The average molecular weight is 331 g/mol. The van der Waals surface area contributed by atoms with Crippen LogP contribution < -0.4 is 5.32 Å². The summed E-state index contributed by atoms with van der Waals surface area (Å²) < 4.78 is 2.07. The van der Waals surface area contributed by atoms with Gasteiger partial charge in [-0.3, -0.25) is 9.58 Å². The van der Waals surface area contributed by atoms with Crippen molar-refractivity contribution >= 4 is 23.4 Å². The fourth-order valence-corrected chi connectivity index (χ4v) is 4.34. The van der Waals surface area contributed by atoms with Crippen molar-refractivity contribution in [3.05, 3.63) is 16.9 Å². The zero-order valence-corrected chi connectivity index (χ0v) is 15.0. The molecule has 1 aliphatic heterocycles. The lowest BCUT2D eigenvalue weighted by atomic mass is 10.0. The van der Waals surface area contributed by atoms with Gasteiger partial charge in [0.25, 0.3) is 0 Å². The summed E-state index contributed by atoms with van der Waals surface area (Å²) in [6, 6.07) is 1.02. The van der Waals surface area contributed by atoms with Gasteiger partial charge in [0.05, 0.1) is 23.0 Å². The Morgan fingerprint density at radius 1 is 1.52 bits per heavy atom. The van der Waals surface area contributed by atoms with Crippen LogP contribution in [-0.2, 0) is 0 Å². The van der Waals surface area contributed by atoms with Crippen LogP contribution in [0.2, 0.25) is 5.02 Å². The van der Waals surface area contributed by atoms with E-state index in [1.165, 1.54) is 5.75 Å². The van der Waals surface area contributed by atoms with E-state index in [0.717, 1.165) is 36.0 Å². The molecule has 0 saturated carbocycles. The van der Waals surface area contributed by atoms with Crippen molar-refractivity contribution < 1.29 is 0 Å². The number of rotatable bonds is 6. The number of aromatic nitrogens is 2. The summed E-state index contributed by atoms with van der Waals surface area (Å²) in [5.41, 5.74) is 1.14. The van der Waals surface area contributed by atoms with Crippen molar-refractivity contribution in [2.75, 3.05) is 31.6 Å². The molecule has 6 heteroatoms. The molecular formula is C15H27ClN4S. The van der Waals surface area contributed by atoms with Gasteiger partial charge in [-0.1, -0.05) is 18.5 Å². The quantitative estimate of drug-likeness (QED) is 0.868. The molecule has 120 valence electrons. The van der Waals surface area contributed by atoms with Crippen LogP contribution in [0.3, 0.4) is 0 Å². The number of nitrogens with zero attached hydrogens (tertiary/aromatic N) is 3. The number of likely N-dealkylation sites (N-methyl/N-ethyl adjacent to an activating group) is 1.